The summed E-state index contributed by atoms with van der Waals surface area (Å²) in [5.74, 6) is 0.150. The smallest absolute Gasteiger partial charge is 0.179 e. The average molecular weight is 187 g/mol. The molecule has 5 nitrogen and oxygen atoms in total. The minimum atomic E-state index is -3.29. The Bertz CT molecular complexity index is 399. The summed E-state index contributed by atoms with van der Waals surface area (Å²) >= 11 is 0. The molecule has 0 unspecified atom stereocenters. The van der Waals surface area contributed by atoms with E-state index in [1.54, 1.807) is 0 Å². The lowest BCUT2D eigenvalue weighted by atomic mass is 10.4. The summed E-state index contributed by atoms with van der Waals surface area (Å²) in [7, 11) is -3.29. The van der Waals surface area contributed by atoms with E-state index >= 15 is 0 Å². The Hall–Kier alpha value is -1.30. The fraction of sp³-hybridized carbons (Fsp3) is 0.167. The van der Waals surface area contributed by atoms with Crippen molar-refractivity contribution in [2.75, 3.05) is 17.7 Å². The Morgan fingerprint density at radius 2 is 1.92 bits per heavy atom. The predicted molar refractivity (Wildman–Crippen MR) is 46.2 cm³/mol. The number of aromatic nitrogens is 1. The highest BCUT2D eigenvalue weighted by Gasteiger charge is 2.11. The Kier molecular flexibility index (Phi) is 1.93. The molecule has 0 bridgehead atoms. The average Bonchev–Trinajstić information content (AvgIpc) is 1.83. The molecule has 12 heavy (non-hydrogen) atoms. The summed E-state index contributed by atoms with van der Waals surface area (Å²) in [5, 5.41) is 0. The van der Waals surface area contributed by atoms with E-state index in [1.807, 2.05) is 0 Å². The van der Waals surface area contributed by atoms with E-state index in [0.29, 0.717) is 0 Å². The third-order valence-corrected chi connectivity index (χ3v) is 2.45. The van der Waals surface area contributed by atoms with Crippen molar-refractivity contribution in [2.24, 2.45) is 0 Å². The number of hydrogen-bond acceptors (Lipinski definition) is 5. The molecule has 0 atom stereocenters. The molecule has 1 rings (SSSR count). The van der Waals surface area contributed by atoms with Gasteiger partial charge in [-0.25, -0.2) is 13.4 Å². The van der Waals surface area contributed by atoms with Gasteiger partial charge in [-0.1, -0.05) is 0 Å². The molecule has 0 fully saturated rings. The second-order valence-corrected chi connectivity index (χ2v) is 4.38. The molecule has 0 radical (unpaired) electrons. The van der Waals surface area contributed by atoms with Crippen LogP contribution < -0.4 is 11.5 Å². The number of rotatable bonds is 1. The fourth-order valence-electron chi connectivity index (χ4n) is 0.791. The van der Waals surface area contributed by atoms with Crippen LogP contribution >= 0.6 is 0 Å². The van der Waals surface area contributed by atoms with Crippen LogP contribution in [0.5, 0.6) is 0 Å². The third kappa shape index (κ3) is 1.65. The van der Waals surface area contributed by atoms with Crippen molar-refractivity contribution in [3.63, 3.8) is 0 Å². The Morgan fingerprint density at radius 3 is 2.33 bits per heavy atom. The summed E-state index contributed by atoms with van der Waals surface area (Å²) in [6.07, 6.45) is 1.07. The van der Waals surface area contributed by atoms with Crippen LogP contribution in [0.25, 0.3) is 0 Å². The van der Waals surface area contributed by atoms with E-state index in [1.165, 1.54) is 12.1 Å². The van der Waals surface area contributed by atoms with E-state index in [9.17, 15) is 8.42 Å². The van der Waals surface area contributed by atoms with Crippen molar-refractivity contribution in [3.05, 3.63) is 12.1 Å². The Balaban J connectivity index is 3.39. The molecule has 1 aromatic heterocycles. The summed E-state index contributed by atoms with van der Waals surface area (Å²) in [5.41, 5.74) is 10.6. The molecule has 1 aromatic rings. The first-order valence-electron chi connectivity index (χ1n) is 3.13. The van der Waals surface area contributed by atoms with E-state index in [-0.39, 0.29) is 16.5 Å². The standard InChI is InChI=1S/C6H9N3O2S/c1-12(10,11)4-2-3-5(7)9-6(4)8/h2-3H,1H3,(H4,7,8,9). The number of sulfone groups is 1. The van der Waals surface area contributed by atoms with Crippen LogP contribution in [0.4, 0.5) is 11.6 Å². The number of anilines is 2. The van der Waals surface area contributed by atoms with Crippen molar-refractivity contribution in [2.45, 2.75) is 4.90 Å². The molecule has 66 valence electrons. The summed E-state index contributed by atoms with van der Waals surface area (Å²) in [4.78, 5) is 3.63. The highest BCUT2D eigenvalue weighted by Crippen LogP contribution is 2.16. The van der Waals surface area contributed by atoms with Gasteiger partial charge in [-0.05, 0) is 12.1 Å². The lowest BCUT2D eigenvalue weighted by molar-refractivity contribution is 0.602. The van der Waals surface area contributed by atoms with Crippen LogP contribution in [0, 0.1) is 0 Å². The van der Waals surface area contributed by atoms with Crippen molar-refractivity contribution in [1.29, 1.82) is 0 Å². The minimum absolute atomic E-state index is 0.0108. The lowest BCUT2D eigenvalue weighted by Gasteiger charge is -2.01. The maximum Gasteiger partial charge on any atom is 0.179 e. The van der Waals surface area contributed by atoms with Gasteiger partial charge in [0.2, 0.25) is 0 Å². The second kappa shape index (κ2) is 2.63. The Morgan fingerprint density at radius 1 is 1.33 bits per heavy atom. The van der Waals surface area contributed by atoms with Crippen molar-refractivity contribution in [1.82, 2.24) is 4.98 Å². The molecule has 6 heteroatoms. The van der Waals surface area contributed by atoms with Gasteiger partial charge in [-0.3, -0.25) is 0 Å². The molecule has 0 aliphatic carbocycles. The predicted octanol–water partition coefficient (Wildman–Crippen LogP) is -0.350. The Labute approximate surface area is 70.3 Å². The fourth-order valence-corrected chi connectivity index (χ4v) is 1.53. The van der Waals surface area contributed by atoms with Gasteiger partial charge < -0.3 is 11.5 Å². The van der Waals surface area contributed by atoms with E-state index in [2.05, 4.69) is 4.98 Å². The molecular weight excluding hydrogens is 178 g/mol. The number of nitrogens with two attached hydrogens (primary N) is 2. The maximum atomic E-state index is 11.0. The number of hydrogen-bond donors (Lipinski definition) is 2. The molecule has 4 N–H and O–H groups in total. The summed E-state index contributed by atoms with van der Waals surface area (Å²) < 4.78 is 22.0. The van der Waals surface area contributed by atoms with Gasteiger partial charge in [0.1, 0.15) is 16.5 Å². The number of nitrogen functional groups attached to an aromatic ring is 2. The molecule has 0 aromatic carbocycles. The first-order valence-corrected chi connectivity index (χ1v) is 5.02. The van der Waals surface area contributed by atoms with Gasteiger partial charge in [0.25, 0.3) is 0 Å². The molecule has 0 saturated carbocycles. The van der Waals surface area contributed by atoms with Crippen LogP contribution in [0.2, 0.25) is 0 Å². The molecule has 0 spiro atoms. The van der Waals surface area contributed by atoms with Crippen LogP contribution in [-0.2, 0) is 9.84 Å². The van der Waals surface area contributed by atoms with Gasteiger partial charge in [0, 0.05) is 6.26 Å². The number of nitrogens with zero attached hydrogens (tertiary/aromatic N) is 1. The van der Waals surface area contributed by atoms with E-state index in [0.717, 1.165) is 6.26 Å². The molecule has 0 saturated heterocycles. The lowest BCUT2D eigenvalue weighted by Crippen LogP contribution is -2.05. The molecular formula is C6H9N3O2S. The monoisotopic (exact) mass is 187 g/mol. The zero-order chi connectivity index (χ0) is 9.35. The largest absolute Gasteiger partial charge is 0.384 e. The zero-order valence-electron chi connectivity index (χ0n) is 6.48. The summed E-state index contributed by atoms with van der Waals surface area (Å²) in [6.45, 7) is 0. The molecule has 1 heterocycles. The highest BCUT2D eigenvalue weighted by atomic mass is 32.2. The first-order chi connectivity index (χ1) is 5.41. The minimum Gasteiger partial charge on any atom is -0.384 e. The molecule has 0 amide bonds. The quantitative estimate of drug-likeness (QED) is 0.626. The number of pyridine rings is 1. The van der Waals surface area contributed by atoms with Gasteiger partial charge in [-0.2, -0.15) is 0 Å². The SMILES string of the molecule is CS(=O)(=O)c1ccc(N)nc1N. The topological polar surface area (TPSA) is 99.1 Å². The second-order valence-electron chi connectivity index (χ2n) is 2.39. The van der Waals surface area contributed by atoms with E-state index < -0.39 is 9.84 Å². The van der Waals surface area contributed by atoms with Crippen molar-refractivity contribution in [3.8, 4) is 0 Å². The maximum absolute atomic E-state index is 11.0. The van der Waals surface area contributed by atoms with Crippen LogP contribution in [0.3, 0.4) is 0 Å². The van der Waals surface area contributed by atoms with Crippen LogP contribution in [0.15, 0.2) is 17.0 Å². The summed E-state index contributed by atoms with van der Waals surface area (Å²) in [6, 6.07) is 2.74. The van der Waals surface area contributed by atoms with Crippen molar-refractivity contribution < 1.29 is 8.42 Å². The zero-order valence-corrected chi connectivity index (χ0v) is 7.30. The molecule has 0 aliphatic heterocycles. The van der Waals surface area contributed by atoms with Crippen LogP contribution in [-0.4, -0.2) is 19.7 Å². The highest BCUT2D eigenvalue weighted by molar-refractivity contribution is 7.90. The van der Waals surface area contributed by atoms with E-state index in [4.69, 9.17) is 11.5 Å². The van der Waals surface area contributed by atoms with Crippen LogP contribution in [0.1, 0.15) is 0 Å². The van der Waals surface area contributed by atoms with Gasteiger partial charge in [-0.15, -0.1) is 0 Å². The van der Waals surface area contributed by atoms with Gasteiger partial charge >= 0.3 is 0 Å². The third-order valence-electron chi connectivity index (χ3n) is 1.31. The van der Waals surface area contributed by atoms with Gasteiger partial charge in [0.05, 0.1) is 0 Å². The van der Waals surface area contributed by atoms with Crippen molar-refractivity contribution >= 4 is 21.5 Å². The molecule has 0 aliphatic rings. The first kappa shape index (κ1) is 8.79. The van der Waals surface area contributed by atoms with Gasteiger partial charge in [0.15, 0.2) is 9.84 Å². The normalized spacial score (nSPS) is 11.4.